The fraction of sp³-hybridized carbons (Fsp3) is 0.632. The van der Waals surface area contributed by atoms with E-state index in [0.717, 1.165) is 38.1 Å². The maximum absolute atomic E-state index is 12.8. The summed E-state index contributed by atoms with van der Waals surface area (Å²) in [4.78, 5) is 14.8. The van der Waals surface area contributed by atoms with Crippen LogP contribution >= 0.6 is 11.8 Å². The van der Waals surface area contributed by atoms with Gasteiger partial charge in [-0.3, -0.25) is 4.79 Å². The normalized spacial score (nSPS) is 20.9. The first-order chi connectivity index (χ1) is 12.4. The Labute approximate surface area is 156 Å². The first-order valence-corrected chi connectivity index (χ1v) is 10.4. The fourth-order valence-electron chi connectivity index (χ4n) is 3.75. The van der Waals surface area contributed by atoms with Crippen molar-refractivity contribution in [2.24, 2.45) is 5.92 Å². The van der Waals surface area contributed by atoms with Crippen molar-refractivity contribution in [2.45, 2.75) is 37.9 Å². The number of hydrogen-bond acceptors (Lipinski definition) is 3. The third-order valence-electron chi connectivity index (χ3n) is 5.36. The molecule has 1 aromatic carbocycles. The summed E-state index contributed by atoms with van der Waals surface area (Å²) in [6.45, 7) is 2.64. The number of halogens is 3. The molecular weight excluding hydrogens is 361 g/mol. The summed E-state index contributed by atoms with van der Waals surface area (Å²) in [7, 11) is 0. The molecule has 1 N–H and O–H groups in total. The predicted molar refractivity (Wildman–Crippen MR) is 98.4 cm³/mol. The van der Waals surface area contributed by atoms with Crippen LogP contribution in [0.1, 0.15) is 41.6 Å². The summed E-state index contributed by atoms with van der Waals surface area (Å²) in [5.41, 5.74) is -0.721. The summed E-state index contributed by atoms with van der Waals surface area (Å²) in [6, 6.07) is 5.30. The molecule has 2 aliphatic heterocycles. The van der Waals surface area contributed by atoms with Crippen LogP contribution in [0.2, 0.25) is 0 Å². The minimum Gasteiger partial charge on any atom is -0.352 e. The number of carbonyl (C=O) groups excluding carboxylic acids is 1. The zero-order chi connectivity index (χ0) is 18.6. The highest BCUT2D eigenvalue weighted by atomic mass is 32.2. The topological polar surface area (TPSA) is 32.3 Å². The molecule has 0 aromatic heterocycles. The predicted octanol–water partition coefficient (Wildman–Crippen LogP) is 4.04. The van der Waals surface area contributed by atoms with Crippen molar-refractivity contribution in [2.75, 3.05) is 31.1 Å². The van der Waals surface area contributed by atoms with Crippen LogP contribution in [0.4, 0.5) is 13.2 Å². The molecule has 3 nitrogen and oxygen atoms in total. The van der Waals surface area contributed by atoms with E-state index in [4.69, 9.17) is 0 Å². The Kier molecular flexibility index (Phi) is 6.51. The van der Waals surface area contributed by atoms with Gasteiger partial charge >= 0.3 is 6.18 Å². The van der Waals surface area contributed by atoms with Crippen molar-refractivity contribution in [3.05, 3.63) is 35.4 Å². The number of nitrogens with one attached hydrogen (secondary N) is 1. The summed E-state index contributed by atoms with van der Waals surface area (Å²) in [5.74, 6) is 2.47. The Morgan fingerprint density at radius 1 is 1.15 bits per heavy atom. The third kappa shape index (κ3) is 5.16. The van der Waals surface area contributed by atoms with E-state index in [1.165, 1.54) is 36.5 Å². The average molecular weight is 386 g/mol. The van der Waals surface area contributed by atoms with Gasteiger partial charge in [-0.25, -0.2) is 0 Å². The van der Waals surface area contributed by atoms with Gasteiger partial charge in [0, 0.05) is 18.2 Å². The number of alkyl halides is 3. The van der Waals surface area contributed by atoms with Gasteiger partial charge in [0.05, 0.1) is 5.56 Å². The monoisotopic (exact) mass is 386 g/mol. The molecule has 2 fully saturated rings. The molecule has 0 unspecified atom stereocenters. The zero-order valence-corrected chi connectivity index (χ0v) is 15.5. The minimum atomic E-state index is -4.43. The molecule has 26 heavy (non-hydrogen) atoms. The van der Waals surface area contributed by atoms with Gasteiger partial charge in [-0.15, -0.1) is 0 Å². The van der Waals surface area contributed by atoms with E-state index < -0.39 is 17.6 Å². The highest BCUT2D eigenvalue weighted by molar-refractivity contribution is 7.99. The van der Waals surface area contributed by atoms with E-state index in [1.807, 2.05) is 11.8 Å². The molecule has 0 saturated carbocycles. The van der Waals surface area contributed by atoms with Crippen molar-refractivity contribution in [1.29, 1.82) is 0 Å². The number of hydrogen-bond donors (Lipinski definition) is 1. The first kappa shape index (κ1) is 19.5. The second kappa shape index (κ2) is 8.65. The third-order valence-corrected chi connectivity index (χ3v) is 6.41. The average Bonchev–Trinajstić information content (AvgIpc) is 2.66. The van der Waals surface area contributed by atoms with Crippen LogP contribution in [-0.2, 0) is 6.18 Å². The largest absolute Gasteiger partial charge is 0.416 e. The molecule has 1 amide bonds. The van der Waals surface area contributed by atoms with E-state index in [1.54, 1.807) is 0 Å². The maximum Gasteiger partial charge on any atom is 0.416 e. The molecule has 144 valence electrons. The molecule has 2 heterocycles. The van der Waals surface area contributed by atoms with Crippen LogP contribution in [-0.4, -0.2) is 48.0 Å². The number of carbonyl (C=O) groups is 1. The lowest BCUT2D eigenvalue weighted by Gasteiger charge is -2.39. The van der Waals surface area contributed by atoms with Gasteiger partial charge in [0.1, 0.15) is 0 Å². The number of benzene rings is 1. The van der Waals surface area contributed by atoms with Gasteiger partial charge in [-0.2, -0.15) is 24.9 Å². The molecule has 7 heteroatoms. The Morgan fingerprint density at radius 3 is 2.50 bits per heavy atom. The number of thioether (sulfide) groups is 1. The lowest BCUT2D eigenvalue weighted by atomic mass is 9.94. The molecule has 2 aliphatic rings. The van der Waals surface area contributed by atoms with E-state index in [2.05, 4.69) is 10.2 Å². The number of likely N-dealkylation sites (tertiary alicyclic amines) is 1. The van der Waals surface area contributed by atoms with Crippen molar-refractivity contribution >= 4 is 17.7 Å². The molecule has 0 atom stereocenters. The van der Waals surface area contributed by atoms with Crippen LogP contribution in [0.15, 0.2) is 24.3 Å². The van der Waals surface area contributed by atoms with Crippen molar-refractivity contribution < 1.29 is 18.0 Å². The number of rotatable bonds is 4. The van der Waals surface area contributed by atoms with Crippen LogP contribution in [0.25, 0.3) is 0 Å². The molecule has 0 spiro atoms. The lowest BCUT2D eigenvalue weighted by molar-refractivity contribution is -0.137. The van der Waals surface area contributed by atoms with Gasteiger partial charge in [0.2, 0.25) is 0 Å². The van der Waals surface area contributed by atoms with Crippen molar-refractivity contribution in [1.82, 2.24) is 10.2 Å². The lowest BCUT2D eigenvalue weighted by Crippen LogP contribution is -2.45. The Morgan fingerprint density at radius 2 is 1.85 bits per heavy atom. The molecule has 3 rings (SSSR count). The summed E-state index contributed by atoms with van der Waals surface area (Å²) in [5, 5.41) is 2.81. The Balaban J connectivity index is 1.45. The summed E-state index contributed by atoms with van der Waals surface area (Å²) >= 11 is 2.03. The Bertz CT molecular complexity index is 609. The molecule has 0 radical (unpaired) electrons. The SMILES string of the molecule is O=C(NCC1CCN(C2CCSCC2)CC1)c1cccc(C(F)(F)F)c1. The Hall–Kier alpha value is -1.21. The van der Waals surface area contributed by atoms with Gasteiger partial charge < -0.3 is 10.2 Å². The highest BCUT2D eigenvalue weighted by Gasteiger charge is 2.31. The van der Waals surface area contributed by atoms with Crippen LogP contribution in [0.3, 0.4) is 0 Å². The standard InChI is InChI=1S/C19H25F3N2OS/c20-19(21,22)16-3-1-2-15(12-16)18(25)23-13-14-4-8-24(9-5-14)17-6-10-26-11-7-17/h1-3,12,14,17H,4-11,13H2,(H,23,25). The second-order valence-electron chi connectivity index (χ2n) is 7.11. The molecule has 0 bridgehead atoms. The second-order valence-corrected chi connectivity index (χ2v) is 8.34. The molecule has 0 aliphatic carbocycles. The van der Waals surface area contributed by atoms with Crippen LogP contribution in [0, 0.1) is 5.92 Å². The van der Waals surface area contributed by atoms with Crippen molar-refractivity contribution in [3.8, 4) is 0 Å². The zero-order valence-electron chi connectivity index (χ0n) is 14.7. The number of piperidine rings is 1. The van der Waals surface area contributed by atoms with Gasteiger partial charge in [0.15, 0.2) is 0 Å². The highest BCUT2D eigenvalue weighted by Crippen LogP contribution is 2.29. The van der Waals surface area contributed by atoms with Crippen molar-refractivity contribution in [3.63, 3.8) is 0 Å². The maximum atomic E-state index is 12.8. The van der Waals surface area contributed by atoms with Crippen LogP contribution < -0.4 is 5.32 Å². The van der Waals surface area contributed by atoms with E-state index in [9.17, 15) is 18.0 Å². The van der Waals surface area contributed by atoms with E-state index in [-0.39, 0.29) is 5.56 Å². The van der Waals surface area contributed by atoms with Gasteiger partial charge in [-0.1, -0.05) is 6.07 Å². The minimum absolute atomic E-state index is 0.0666. The quantitative estimate of drug-likeness (QED) is 0.848. The molecule has 2 saturated heterocycles. The smallest absolute Gasteiger partial charge is 0.352 e. The number of nitrogens with zero attached hydrogens (tertiary/aromatic N) is 1. The number of amides is 1. The fourth-order valence-corrected chi connectivity index (χ4v) is 4.83. The summed E-state index contributed by atoms with van der Waals surface area (Å²) in [6.07, 6.45) is 0.170. The van der Waals surface area contributed by atoms with Crippen LogP contribution in [0.5, 0.6) is 0 Å². The first-order valence-electron chi connectivity index (χ1n) is 9.21. The molecule has 1 aromatic rings. The van der Waals surface area contributed by atoms with E-state index in [0.29, 0.717) is 18.5 Å². The molecular formula is C19H25F3N2OS. The van der Waals surface area contributed by atoms with Gasteiger partial charge in [-0.05, 0) is 74.4 Å². The van der Waals surface area contributed by atoms with Gasteiger partial charge in [0.25, 0.3) is 5.91 Å². The van der Waals surface area contributed by atoms with E-state index >= 15 is 0 Å². The summed E-state index contributed by atoms with van der Waals surface area (Å²) < 4.78 is 38.3.